The van der Waals surface area contributed by atoms with Gasteiger partial charge in [-0.3, -0.25) is 4.90 Å². The van der Waals surface area contributed by atoms with Crippen molar-refractivity contribution in [3.8, 4) is 0 Å². The van der Waals surface area contributed by atoms with Crippen molar-refractivity contribution >= 4 is 0 Å². The van der Waals surface area contributed by atoms with Crippen LogP contribution in [-0.4, -0.2) is 36.6 Å². The molecule has 18 heavy (non-hydrogen) atoms. The molecule has 0 spiro atoms. The normalized spacial score (nSPS) is 31.4. The average molecular weight is 250 g/mol. The summed E-state index contributed by atoms with van der Waals surface area (Å²) in [6.07, 6.45) is 11.9. The molecule has 1 saturated heterocycles. The Balaban J connectivity index is 1.93. The second kappa shape index (κ2) is 7.30. The largest absolute Gasteiger partial charge is 0.311 e. The highest BCUT2D eigenvalue weighted by molar-refractivity contribution is 4.93. The SMILES string of the molecule is C=CCN1CC(CCC)NCC1C1CCCCC1. The summed E-state index contributed by atoms with van der Waals surface area (Å²) in [5, 5.41) is 3.78. The predicted molar refractivity (Wildman–Crippen MR) is 78.8 cm³/mol. The molecule has 2 heteroatoms. The molecule has 2 atom stereocenters. The summed E-state index contributed by atoms with van der Waals surface area (Å²) in [6, 6.07) is 1.46. The Kier molecular flexibility index (Phi) is 5.71. The van der Waals surface area contributed by atoms with Crippen molar-refractivity contribution in [2.75, 3.05) is 19.6 Å². The molecule has 2 aliphatic rings. The van der Waals surface area contributed by atoms with Crippen LogP contribution < -0.4 is 5.32 Å². The van der Waals surface area contributed by atoms with Crippen LogP contribution in [0.4, 0.5) is 0 Å². The average Bonchev–Trinajstić information content (AvgIpc) is 2.41. The molecule has 1 aliphatic heterocycles. The Morgan fingerprint density at radius 2 is 2.06 bits per heavy atom. The van der Waals surface area contributed by atoms with Gasteiger partial charge in [0.2, 0.25) is 0 Å². The molecule has 1 heterocycles. The number of rotatable bonds is 5. The van der Waals surface area contributed by atoms with E-state index in [9.17, 15) is 0 Å². The van der Waals surface area contributed by atoms with E-state index in [1.807, 2.05) is 0 Å². The molecule has 1 N–H and O–H groups in total. The van der Waals surface area contributed by atoms with Gasteiger partial charge in [-0.25, -0.2) is 0 Å². The summed E-state index contributed by atoms with van der Waals surface area (Å²) < 4.78 is 0. The molecule has 104 valence electrons. The number of piperazine rings is 1. The van der Waals surface area contributed by atoms with Gasteiger partial charge < -0.3 is 5.32 Å². The Labute approximate surface area is 113 Å². The molecule has 2 fully saturated rings. The Hall–Kier alpha value is -0.340. The summed E-state index contributed by atoms with van der Waals surface area (Å²) in [7, 11) is 0. The van der Waals surface area contributed by atoms with Gasteiger partial charge in [0.25, 0.3) is 0 Å². The third-order valence-corrected chi connectivity index (χ3v) is 4.73. The van der Waals surface area contributed by atoms with Crippen molar-refractivity contribution in [1.82, 2.24) is 10.2 Å². The molecule has 0 bridgehead atoms. The van der Waals surface area contributed by atoms with Gasteiger partial charge in [-0.1, -0.05) is 38.7 Å². The first kappa shape index (κ1) is 14.1. The van der Waals surface area contributed by atoms with E-state index in [0.717, 1.165) is 18.5 Å². The summed E-state index contributed by atoms with van der Waals surface area (Å²) in [5.41, 5.74) is 0. The number of hydrogen-bond donors (Lipinski definition) is 1. The zero-order valence-electron chi connectivity index (χ0n) is 12.0. The molecular formula is C16H30N2. The van der Waals surface area contributed by atoms with Crippen molar-refractivity contribution in [3.05, 3.63) is 12.7 Å². The van der Waals surface area contributed by atoms with Gasteiger partial charge in [0, 0.05) is 31.7 Å². The number of hydrogen-bond acceptors (Lipinski definition) is 2. The van der Waals surface area contributed by atoms with E-state index in [1.54, 1.807) is 0 Å². The first-order chi connectivity index (χ1) is 8.85. The van der Waals surface area contributed by atoms with Crippen LogP contribution in [-0.2, 0) is 0 Å². The lowest BCUT2D eigenvalue weighted by molar-refractivity contribution is 0.0802. The third kappa shape index (κ3) is 3.58. The maximum atomic E-state index is 3.94. The smallest absolute Gasteiger partial charge is 0.0252 e. The number of nitrogens with zero attached hydrogens (tertiary/aromatic N) is 1. The Morgan fingerprint density at radius 1 is 1.28 bits per heavy atom. The van der Waals surface area contributed by atoms with Crippen LogP contribution >= 0.6 is 0 Å². The van der Waals surface area contributed by atoms with Crippen LogP contribution in [0.5, 0.6) is 0 Å². The van der Waals surface area contributed by atoms with E-state index in [-0.39, 0.29) is 0 Å². The molecule has 0 aromatic rings. The van der Waals surface area contributed by atoms with Crippen LogP contribution in [0.15, 0.2) is 12.7 Å². The van der Waals surface area contributed by atoms with Crippen molar-refractivity contribution in [3.63, 3.8) is 0 Å². The van der Waals surface area contributed by atoms with E-state index in [2.05, 4.69) is 29.8 Å². The van der Waals surface area contributed by atoms with Crippen LogP contribution in [0.1, 0.15) is 51.9 Å². The zero-order valence-corrected chi connectivity index (χ0v) is 12.0. The second-order valence-corrected chi connectivity index (χ2v) is 6.10. The minimum absolute atomic E-state index is 0.704. The molecule has 0 aromatic heterocycles. The molecule has 0 amide bonds. The lowest BCUT2D eigenvalue weighted by Gasteiger charge is -2.44. The van der Waals surface area contributed by atoms with Crippen LogP contribution in [0.3, 0.4) is 0 Å². The zero-order chi connectivity index (χ0) is 12.8. The molecule has 1 saturated carbocycles. The summed E-state index contributed by atoms with van der Waals surface area (Å²) >= 11 is 0. The summed E-state index contributed by atoms with van der Waals surface area (Å²) in [5.74, 6) is 0.925. The maximum Gasteiger partial charge on any atom is 0.0252 e. The fraction of sp³-hybridized carbons (Fsp3) is 0.875. The van der Waals surface area contributed by atoms with Crippen LogP contribution in [0.2, 0.25) is 0 Å². The highest BCUT2D eigenvalue weighted by atomic mass is 15.2. The minimum atomic E-state index is 0.704. The fourth-order valence-electron chi connectivity index (χ4n) is 3.80. The lowest BCUT2D eigenvalue weighted by Crippen LogP contribution is -2.59. The van der Waals surface area contributed by atoms with Gasteiger partial charge in [-0.05, 0) is 25.2 Å². The quantitative estimate of drug-likeness (QED) is 0.754. The van der Waals surface area contributed by atoms with E-state index < -0.39 is 0 Å². The summed E-state index contributed by atoms with van der Waals surface area (Å²) in [6.45, 7) is 9.72. The van der Waals surface area contributed by atoms with Gasteiger partial charge in [0.05, 0.1) is 0 Å². The van der Waals surface area contributed by atoms with E-state index >= 15 is 0 Å². The first-order valence-electron chi connectivity index (χ1n) is 7.93. The standard InChI is InChI=1S/C16H30N2/c1-3-8-15-13-18(11-4-2)16(12-17-15)14-9-6-5-7-10-14/h4,14-17H,2-3,5-13H2,1H3. The van der Waals surface area contributed by atoms with Gasteiger partial charge in [0.1, 0.15) is 0 Å². The third-order valence-electron chi connectivity index (χ3n) is 4.73. The molecule has 2 unspecified atom stereocenters. The molecular weight excluding hydrogens is 220 g/mol. The second-order valence-electron chi connectivity index (χ2n) is 6.10. The molecule has 2 rings (SSSR count). The highest BCUT2D eigenvalue weighted by Gasteiger charge is 2.32. The van der Waals surface area contributed by atoms with Gasteiger partial charge in [-0.15, -0.1) is 6.58 Å². The lowest BCUT2D eigenvalue weighted by atomic mass is 9.82. The summed E-state index contributed by atoms with van der Waals surface area (Å²) in [4.78, 5) is 2.69. The van der Waals surface area contributed by atoms with E-state index in [0.29, 0.717) is 6.04 Å². The highest BCUT2D eigenvalue weighted by Crippen LogP contribution is 2.30. The van der Waals surface area contributed by atoms with E-state index in [1.165, 1.54) is 58.0 Å². The topological polar surface area (TPSA) is 15.3 Å². The van der Waals surface area contributed by atoms with E-state index in [4.69, 9.17) is 0 Å². The van der Waals surface area contributed by atoms with Crippen molar-refractivity contribution in [1.29, 1.82) is 0 Å². The number of nitrogens with one attached hydrogen (secondary N) is 1. The Bertz CT molecular complexity index is 245. The monoisotopic (exact) mass is 250 g/mol. The molecule has 0 radical (unpaired) electrons. The maximum absolute atomic E-state index is 3.94. The van der Waals surface area contributed by atoms with Crippen molar-refractivity contribution in [2.45, 2.75) is 64.0 Å². The predicted octanol–water partition coefficient (Wildman–Crippen LogP) is 3.20. The van der Waals surface area contributed by atoms with Crippen LogP contribution in [0, 0.1) is 5.92 Å². The van der Waals surface area contributed by atoms with Crippen molar-refractivity contribution in [2.24, 2.45) is 5.92 Å². The minimum Gasteiger partial charge on any atom is -0.311 e. The molecule has 2 nitrogen and oxygen atoms in total. The van der Waals surface area contributed by atoms with Gasteiger partial charge in [0.15, 0.2) is 0 Å². The molecule has 0 aromatic carbocycles. The van der Waals surface area contributed by atoms with Gasteiger partial charge in [-0.2, -0.15) is 0 Å². The van der Waals surface area contributed by atoms with Gasteiger partial charge >= 0.3 is 0 Å². The first-order valence-corrected chi connectivity index (χ1v) is 7.93. The van der Waals surface area contributed by atoms with Crippen molar-refractivity contribution < 1.29 is 0 Å². The Morgan fingerprint density at radius 3 is 2.72 bits per heavy atom. The molecule has 1 aliphatic carbocycles. The van der Waals surface area contributed by atoms with Crippen LogP contribution in [0.25, 0.3) is 0 Å². The fourth-order valence-corrected chi connectivity index (χ4v) is 3.80.